The molecule has 0 N–H and O–H groups in total. The molecule has 1 aliphatic heterocycles. The fourth-order valence-corrected chi connectivity index (χ4v) is 4.55. The third kappa shape index (κ3) is 2.42. The zero-order valence-electron chi connectivity index (χ0n) is 12.8. The van der Waals surface area contributed by atoms with Gasteiger partial charge < -0.3 is 9.29 Å². The predicted molar refractivity (Wildman–Crippen MR) is 92.4 cm³/mol. The lowest BCUT2D eigenvalue weighted by atomic mass is 9.94. The Morgan fingerprint density at radius 2 is 1.65 bits per heavy atom. The molecule has 0 aliphatic carbocycles. The Labute approximate surface area is 138 Å². The van der Waals surface area contributed by atoms with Crippen molar-refractivity contribution in [3.05, 3.63) is 77.9 Å². The number of hydrogen-bond acceptors (Lipinski definition) is 2. The summed E-state index contributed by atoms with van der Waals surface area (Å²) < 4.78 is 18.5. The minimum Gasteiger partial charge on any atom is -0.606 e. The van der Waals surface area contributed by atoms with Crippen LogP contribution in [-0.4, -0.2) is 11.7 Å². The van der Waals surface area contributed by atoms with Gasteiger partial charge in [-0.05, 0) is 23.3 Å². The first kappa shape index (κ1) is 14.4. The number of fused-ring (bicyclic) bond motifs is 2. The van der Waals surface area contributed by atoms with Crippen LogP contribution in [0.25, 0.3) is 11.1 Å². The minimum atomic E-state index is -1.17. The van der Waals surface area contributed by atoms with E-state index in [0.717, 1.165) is 44.2 Å². The quantitative estimate of drug-likeness (QED) is 0.654. The molecule has 23 heavy (non-hydrogen) atoms. The van der Waals surface area contributed by atoms with Crippen LogP contribution in [0.3, 0.4) is 0 Å². The molecule has 3 aromatic rings. The van der Waals surface area contributed by atoms with Crippen LogP contribution in [0.2, 0.25) is 0 Å². The molecule has 0 bridgehead atoms. The summed E-state index contributed by atoms with van der Waals surface area (Å²) in [7, 11) is 1.65. The molecule has 0 fully saturated rings. The molecule has 114 valence electrons. The molecule has 0 spiro atoms. The normalized spacial score (nSPS) is 15.7. The van der Waals surface area contributed by atoms with Gasteiger partial charge in [-0.3, -0.25) is 0 Å². The summed E-state index contributed by atoms with van der Waals surface area (Å²) in [5.41, 5.74) is 4.50. The van der Waals surface area contributed by atoms with Crippen molar-refractivity contribution in [2.24, 2.45) is 0 Å². The van der Waals surface area contributed by atoms with Crippen molar-refractivity contribution in [1.82, 2.24) is 0 Å². The predicted octanol–water partition coefficient (Wildman–Crippen LogP) is 4.43. The average Bonchev–Trinajstić information content (AvgIpc) is 2.62. The van der Waals surface area contributed by atoms with Crippen LogP contribution in [0.5, 0.6) is 5.75 Å². The van der Waals surface area contributed by atoms with Crippen molar-refractivity contribution >= 4 is 11.2 Å². The van der Waals surface area contributed by atoms with Crippen LogP contribution in [0.4, 0.5) is 0 Å². The minimum absolute atomic E-state index is 0.746. The molecule has 1 aliphatic rings. The standard InChI is InChI=1S/C20H16O2S/c1-22-16-12-17(14-7-3-2-4-8-14)18-11-15-9-5-6-10-19(15)23(21)20(18)13-16/h2-10,12-13H,11H2,1H3. The third-order valence-corrected chi connectivity index (χ3v) is 5.80. The Hall–Kier alpha value is -2.23. The Kier molecular flexibility index (Phi) is 3.60. The maximum atomic E-state index is 13.0. The van der Waals surface area contributed by atoms with Gasteiger partial charge in [0, 0.05) is 34.8 Å². The van der Waals surface area contributed by atoms with E-state index in [2.05, 4.69) is 18.2 Å². The highest BCUT2D eigenvalue weighted by molar-refractivity contribution is 7.91. The molecule has 3 aromatic carbocycles. The van der Waals surface area contributed by atoms with Crippen LogP contribution in [0, 0.1) is 0 Å². The fourth-order valence-electron chi connectivity index (χ4n) is 3.10. The molecule has 0 radical (unpaired) electrons. The van der Waals surface area contributed by atoms with Gasteiger partial charge in [-0.25, -0.2) is 0 Å². The Morgan fingerprint density at radius 3 is 2.43 bits per heavy atom. The maximum Gasteiger partial charge on any atom is 0.166 e. The van der Waals surface area contributed by atoms with Crippen LogP contribution >= 0.6 is 0 Å². The van der Waals surface area contributed by atoms with E-state index in [1.54, 1.807) is 7.11 Å². The van der Waals surface area contributed by atoms with Gasteiger partial charge in [-0.15, -0.1) is 0 Å². The lowest BCUT2D eigenvalue weighted by molar-refractivity contribution is 0.413. The van der Waals surface area contributed by atoms with Crippen molar-refractivity contribution in [1.29, 1.82) is 0 Å². The van der Waals surface area contributed by atoms with Gasteiger partial charge in [0.15, 0.2) is 9.79 Å². The summed E-state index contributed by atoms with van der Waals surface area (Å²) in [5.74, 6) is 0.746. The molecule has 0 aromatic heterocycles. The summed E-state index contributed by atoms with van der Waals surface area (Å²) in [5, 5.41) is 0. The van der Waals surface area contributed by atoms with E-state index < -0.39 is 11.2 Å². The smallest absolute Gasteiger partial charge is 0.166 e. The van der Waals surface area contributed by atoms with E-state index in [1.165, 1.54) is 0 Å². The molecule has 2 nitrogen and oxygen atoms in total. The van der Waals surface area contributed by atoms with Gasteiger partial charge in [0.25, 0.3) is 0 Å². The van der Waals surface area contributed by atoms with Crippen LogP contribution in [-0.2, 0) is 17.6 Å². The molecule has 1 unspecified atom stereocenters. The Morgan fingerprint density at radius 1 is 0.913 bits per heavy atom. The molecule has 0 amide bonds. The van der Waals surface area contributed by atoms with Crippen molar-refractivity contribution in [3.63, 3.8) is 0 Å². The van der Waals surface area contributed by atoms with E-state index in [4.69, 9.17) is 4.74 Å². The lowest BCUT2D eigenvalue weighted by Crippen LogP contribution is -2.15. The number of ether oxygens (including phenoxy) is 1. The van der Waals surface area contributed by atoms with Crippen LogP contribution < -0.4 is 4.74 Å². The first-order valence-electron chi connectivity index (χ1n) is 7.54. The van der Waals surface area contributed by atoms with Gasteiger partial charge in [0.1, 0.15) is 5.75 Å². The Bertz CT molecular complexity index is 859. The Balaban J connectivity index is 1.96. The first-order chi connectivity index (χ1) is 11.3. The number of rotatable bonds is 2. The average molecular weight is 320 g/mol. The van der Waals surface area contributed by atoms with Gasteiger partial charge >= 0.3 is 0 Å². The largest absolute Gasteiger partial charge is 0.606 e. The SMILES string of the molecule is COc1cc(-c2ccccc2)c2c(c1)[S+]([O-])c1ccccc1C2. The van der Waals surface area contributed by atoms with E-state index in [0.29, 0.717) is 0 Å². The van der Waals surface area contributed by atoms with Crippen molar-refractivity contribution in [3.8, 4) is 16.9 Å². The summed E-state index contributed by atoms with van der Waals surface area (Å²) in [6.45, 7) is 0. The number of hydrogen-bond donors (Lipinski definition) is 0. The summed E-state index contributed by atoms with van der Waals surface area (Å²) in [4.78, 5) is 1.77. The maximum absolute atomic E-state index is 13.0. The topological polar surface area (TPSA) is 32.3 Å². The third-order valence-electron chi connectivity index (χ3n) is 4.24. The molecular weight excluding hydrogens is 304 g/mol. The van der Waals surface area contributed by atoms with E-state index in [1.807, 2.05) is 48.5 Å². The highest BCUT2D eigenvalue weighted by Crippen LogP contribution is 2.41. The molecule has 3 heteroatoms. The van der Waals surface area contributed by atoms with Gasteiger partial charge in [0.2, 0.25) is 0 Å². The monoisotopic (exact) mass is 320 g/mol. The van der Waals surface area contributed by atoms with Crippen molar-refractivity contribution in [2.45, 2.75) is 16.2 Å². The zero-order valence-corrected chi connectivity index (χ0v) is 13.6. The van der Waals surface area contributed by atoms with E-state index >= 15 is 0 Å². The van der Waals surface area contributed by atoms with Crippen molar-refractivity contribution in [2.75, 3.05) is 7.11 Å². The highest BCUT2D eigenvalue weighted by Gasteiger charge is 2.31. The molecular formula is C20H16O2S. The molecule has 0 saturated carbocycles. The van der Waals surface area contributed by atoms with E-state index in [-0.39, 0.29) is 0 Å². The second kappa shape index (κ2) is 5.76. The lowest BCUT2D eigenvalue weighted by Gasteiger charge is -2.24. The molecule has 4 rings (SSSR count). The number of benzene rings is 3. The summed E-state index contributed by atoms with van der Waals surface area (Å²) in [6, 6.07) is 22.1. The van der Waals surface area contributed by atoms with E-state index in [9.17, 15) is 4.55 Å². The number of methoxy groups -OCH3 is 1. The van der Waals surface area contributed by atoms with Gasteiger partial charge in [-0.1, -0.05) is 48.5 Å². The fraction of sp³-hybridized carbons (Fsp3) is 0.100. The van der Waals surface area contributed by atoms with Gasteiger partial charge in [-0.2, -0.15) is 0 Å². The van der Waals surface area contributed by atoms with Crippen molar-refractivity contribution < 1.29 is 9.29 Å². The summed E-state index contributed by atoms with van der Waals surface area (Å²) in [6.07, 6.45) is 0.797. The second-order valence-electron chi connectivity index (χ2n) is 5.57. The first-order valence-corrected chi connectivity index (χ1v) is 8.69. The summed E-state index contributed by atoms with van der Waals surface area (Å²) >= 11 is -1.17. The highest BCUT2D eigenvalue weighted by atomic mass is 32.2. The molecule has 0 saturated heterocycles. The van der Waals surface area contributed by atoms with Crippen LogP contribution in [0.1, 0.15) is 11.1 Å². The van der Waals surface area contributed by atoms with Crippen LogP contribution in [0.15, 0.2) is 76.5 Å². The second-order valence-corrected chi connectivity index (χ2v) is 6.99. The van der Waals surface area contributed by atoms with Gasteiger partial charge in [0.05, 0.1) is 7.11 Å². The molecule has 1 heterocycles. The zero-order chi connectivity index (χ0) is 15.8. The molecule has 1 atom stereocenters.